The summed E-state index contributed by atoms with van der Waals surface area (Å²) < 4.78 is 0. The van der Waals surface area contributed by atoms with Crippen molar-refractivity contribution in [2.75, 3.05) is 0 Å². The molecule has 2 aromatic carbocycles. The fraction of sp³-hybridized carbons (Fsp3) is 0. The molecule has 20 heavy (non-hydrogen) atoms. The molecule has 0 heterocycles. The lowest BCUT2D eigenvalue weighted by molar-refractivity contribution is 0.807. The van der Waals surface area contributed by atoms with Gasteiger partial charge in [0.05, 0.1) is 11.4 Å². The van der Waals surface area contributed by atoms with Crippen LogP contribution in [0.2, 0.25) is 0 Å². The van der Waals surface area contributed by atoms with Gasteiger partial charge < -0.3 is 0 Å². The molecule has 2 rings (SSSR count). The molecule has 98 valence electrons. The maximum absolute atomic E-state index is 3.78. The largest absolute Gasteiger partial charge is 0.129 e. The van der Waals surface area contributed by atoms with E-state index in [2.05, 4.69) is 41.6 Å². The van der Waals surface area contributed by atoms with E-state index in [9.17, 15) is 0 Å². The molecule has 0 aliphatic rings. The highest BCUT2D eigenvalue weighted by atomic mass is 15.6. The Morgan fingerprint density at radius 2 is 0.750 bits per heavy atom. The van der Waals surface area contributed by atoms with Gasteiger partial charge in [-0.3, -0.25) is 0 Å². The molecule has 0 unspecified atom stereocenters. The molecule has 0 aliphatic heterocycles. The Bertz CT molecular complexity index is 561. The molecule has 0 aromatic heterocycles. The summed E-state index contributed by atoms with van der Waals surface area (Å²) in [4.78, 5) is 0. The van der Waals surface area contributed by atoms with Crippen molar-refractivity contribution in [2.45, 2.75) is 0 Å². The molecule has 0 saturated carbocycles. The van der Waals surface area contributed by atoms with Crippen molar-refractivity contribution in [3.8, 4) is 0 Å². The Labute approximate surface area is 114 Å². The van der Waals surface area contributed by atoms with Gasteiger partial charge in [0.2, 0.25) is 0 Å². The topological polar surface area (TPSA) is 98.9 Å². The first-order chi connectivity index (χ1) is 9.95. The van der Waals surface area contributed by atoms with Gasteiger partial charge in [-0.05, 0) is 55.6 Å². The minimum absolute atomic E-state index is 0.673. The summed E-state index contributed by atoms with van der Waals surface area (Å²) in [7, 11) is 0. The van der Waals surface area contributed by atoms with Crippen LogP contribution in [-0.4, -0.2) is 0 Å². The molecular formula is C12H10N8. The van der Waals surface area contributed by atoms with Crippen molar-refractivity contribution >= 4 is 11.4 Å². The van der Waals surface area contributed by atoms with Crippen LogP contribution in [0.25, 0.3) is 0 Å². The molecule has 0 atom stereocenters. The molecular weight excluding hydrogens is 256 g/mol. The molecule has 0 spiro atoms. The third-order valence-corrected chi connectivity index (χ3v) is 2.03. The molecule has 2 aromatic rings. The summed E-state index contributed by atoms with van der Waals surface area (Å²) in [5.74, 6) is 0. The van der Waals surface area contributed by atoms with Crippen LogP contribution in [0.1, 0.15) is 0 Å². The number of rotatable bonds is 5. The molecule has 8 nitrogen and oxygen atoms in total. The second-order valence-corrected chi connectivity index (χ2v) is 3.41. The maximum Gasteiger partial charge on any atom is 0.0875 e. The molecule has 0 aliphatic carbocycles. The van der Waals surface area contributed by atoms with Crippen molar-refractivity contribution in [1.82, 2.24) is 0 Å². The highest BCUT2D eigenvalue weighted by molar-refractivity contribution is 5.35. The third kappa shape index (κ3) is 5.00. The number of benzene rings is 2. The number of hydrogen-bond acceptors (Lipinski definition) is 2. The summed E-state index contributed by atoms with van der Waals surface area (Å²) in [6.45, 7) is 0. The minimum Gasteiger partial charge on any atom is -0.129 e. The molecule has 0 N–H and O–H groups in total. The zero-order valence-electron chi connectivity index (χ0n) is 10.4. The van der Waals surface area contributed by atoms with Crippen molar-refractivity contribution in [3.05, 3.63) is 60.7 Å². The average molecular weight is 266 g/mol. The van der Waals surface area contributed by atoms with Crippen LogP contribution in [0.15, 0.2) is 102 Å². The highest BCUT2D eigenvalue weighted by Crippen LogP contribution is 2.11. The van der Waals surface area contributed by atoms with E-state index in [4.69, 9.17) is 0 Å². The van der Waals surface area contributed by atoms with Crippen LogP contribution < -0.4 is 0 Å². The SMILES string of the molecule is c1ccc(N=NN=NN=NN=Nc2ccccc2)cc1. The monoisotopic (exact) mass is 266 g/mol. The van der Waals surface area contributed by atoms with E-state index in [1.54, 1.807) is 24.3 Å². The summed E-state index contributed by atoms with van der Waals surface area (Å²) in [6.07, 6.45) is 0. The lowest BCUT2D eigenvalue weighted by atomic mass is 10.3. The number of nitrogens with zero attached hydrogens (tertiary/aromatic N) is 8. The fourth-order valence-corrected chi connectivity index (χ4v) is 1.20. The Hall–Kier alpha value is -3.16. The van der Waals surface area contributed by atoms with Crippen LogP contribution in [0.4, 0.5) is 11.4 Å². The zero-order valence-corrected chi connectivity index (χ0v) is 10.4. The van der Waals surface area contributed by atoms with Gasteiger partial charge >= 0.3 is 0 Å². The Balaban J connectivity index is 1.77. The molecule has 0 fully saturated rings. The normalized spacial score (nSPS) is 12.2. The van der Waals surface area contributed by atoms with Crippen LogP contribution in [0.3, 0.4) is 0 Å². The van der Waals surface area contributed by atoms with Gasteiger partial charge in [-0.15, -0.1) is 10.2 Å². The predicted molar refractivity (Wildman–Crippen MR) is 71.6 cm³/mol. The molecule has 0 radical (unpaired) electrons. The van der Waals surface area contributed by atoms with Crippen LogP contribution >= 0.6 is 0 Å². The smallest absolute Gasteiger partial charge is 0.0875 e. The third-order valence-electron chi connectivity index (χ3n) is 2.03. The van der Waals surface area contributed by atoms with E-state index in [-0.39, 0.29) is 0 Å². The molecule has 0 bridgehead atoms. The van der Waals surface area contributed by atoms with Crippen molar-refractivity contribution in [1.29, 1.82) is 0 Å². The summed E-state index contributed by atoms with van der Waals surface area (Å²) in [6, 6.07) is 18.3. The first kappa shape index (κ1) is 13.3. The second-order valence-electron chi connectivity index (χ2n) is 3.41. The standard InChI is InChI=1S/C12H10N8/c1-3-7-11(8-4-1)13-15-17-19-20-18-16-14-12-9-5-2-6-10-12/h1-10H. The summed E-state index contributed by atoms with van der Waals surface area (Å²) in [5.41, 5.74) is 1.35. The van der Waals surface area contributed by atoms with E-state index in [1.807, 2.05) is 36.4 Å². The first-order valence-electron chi connectivity index (χ1n) is 5.67. The number of hydrogen-bond donors (Lipinski definition) is 0. The van der Waals surface area contributed by atoms with Crippen LogP contribution in [-0.2, 0) is 0 Å². The van der Waals surface area contributed by atoms with E-state index in [0.29, 0.717) is 11.4 Å². The lowest BCUT2D eigenvalue weighted by Crippen LogP contribution is -1.59. The van der Waals surface area contributed by atoms with Crippen molar-refractivity contribution < 1.29 is 0 Å². The van der Waals surface area contributed by atoms with E-state index in [0.717, 1.165) is 0 Å². The fourth-order valence-electron chi connectivity index (χ4n) is 1.20. The zero-order chi connectivity index (χ0) is 13.9. The predicted octanol–water partition coefficient (Wildman–Crippen LogP) is 5.20. The van der Waals surface area contributed by atoms with Gasteiger partial charge in [0.1, 0.15) is 0 Å². The van der Waals surface area contributed by atoms with Gasteiger partial charge in [0.25, 0.3) is 0 Å². The Morgan fingerprint density at radius 1 is 0.400 bits per heavy atom. The summed E-state index contributed by atoms with van der Waals surface area (Å²) >= 11 is 0. The van der Waals surface area contributed by atoms with Crippen molar-refractivity contribution in [2.24, 2.45) is 41.6 Å². The maximum atomic E-state index is 3.78. The minimum atomic E-state index is 0.673. The first-order valence-corrected chi connectivity index (χ1v) is 5.67. The highest BCUT2D eigenvalue weighted by Gasteiger charge is 1.83. The molecule has 0 saturated heterocycles. The van der Waals surface area contributed by atoms with Gasteiger partial charge in [0, 0.05) is 0 Å². The van der Waals surface area contributed by atoms with E-state index >= 15 is 0 Å². The van der Waals surface area contributed by atoms with Gasteiger partial charge in [-0.2, -0.15) is 0 Å². The van der Waals surface area contributed by atoms with Gasteiger partial charge in [-0.1, -0.05) is 36.4 Å². The average Bonchev–Trinajstić information content (AvgIpc) is 2.52. The lowest BCUT2D eigenvalue weighted by Gasteiger charge is -1.85. The van der Waals surface area contributed by atoms with Crippen LogP contribution in [0.5, 0.6) is 0 Å². The molecule has 8 heteroatoms. The summed E-state index contributed by atoms with van der Waals surface area (Å²) in [5, 5.41) is 27.7. The quantitative estimate of drug-likeness (QED) is 0.524. The Morgan fingerprint density at radius 3 is 1.15 bits per heavy atom. The Kier molecular flexibility index (Phi) is 5.33. The molecule has 0 amide bonds. The van der Waals surface area contributed by atoms with Gasteiger partial charge in [0.15, 0.2) is 0 Å². The van der Waals surface area contributed by atoms with Crippen molar-refractivity contribution in [3.63, 3.8) is 0 Å². The second kappa shape index (κ2) is 8.03. The van der Waals surface area contributed by atoms with Crippen LogP contribution in [0, 0.1) is 0 Å². The van der Waals surface area contributed by atoms with Gasteiger partial charge in [-0.25, -0.2) is 0 Å². The van der Waals surface area contributed by atoms with E-state index in [1.165, 1.54) is 0 Å². The van der Waals surface area contributed by atoms with E-state index < -0.39 is 0 Å².